The van der Waals surface area contributed by atoms with E-state index in [4.69, 9.17) is 4.74 Å². The molecular formula is C16H24N2O3. The third kappa shape index (κ3) is 6.90. The Kier molecular flexibility index (Phi) is 7.46. The highest BCUT2D eigenvalue weighted by Gasteiger charge is 2.21. The number of ether oxygens (including phenoxy) is 1. The van der Waals surface area contributed by atoms with Crippen molar-refractivity contribution in [2.45, 2.75) is 38.8 Å². The van der Waals surface area contributed by atoms with Gasteiger partial charge in [0.05, 0.1) is 7.11 Å². The molecule has 0 aliphatic carbocycles. The quantitative estimate of drug-likeness (QED) is 0.708. The summed E-state index contributed by atoms with van der Waals surface area (Å²) in [5.74, 6) is -0.585. The van der Waals surface area contributed by atoms with Crippen LogP contribution in [0, 0.1) is 0 Å². The molecule has 0 bridgehead atoms. The molecule has 0 saturated heterocycles. The highest BCUT2D eigenvalue weighted by molar-refractivity contribution is 5.84. The van der Waals surface area contributed by atoms with Gasteiger partial charge in [-0.1, -0.05) is 44.2 Å². The fourth-order valence-corrected chi connectivity index (χ4v) is 1.93. The van der Waals surface area contributed by atoms with Gasteiger partial charge in [-0.05, 0) is 5.56 Å². The number of nitrogens with one attached hydrogen (secondary N) is 2. The molecule has 0 fully saturated rings. The molecule has 1 aromatic carbocycles. The van der Waals surface area contributed by atoms with E-state index in [2.05, 4.69) is 10.6 Å². The van der Waals surface area contributed by atoms with Gasteiger partial charge in [-0.25, -0.2) is 4.79 Å². The minimum absolute atomic E-state index is 0.158. The van der Waals surface area contributed by atoms with Crippen LogP contribution in [0.15, 0.2) is 30.3 Å². The van der Waals surface area contributed by atoms with Crippen LogP contribution in [-0.2, 0) is 20.7 Å². The van der Waals surface area contributed by atoms with E-state index in [1.54, 1.807) is 0 Å². The number of carbonyl (C=O) groups is 2. The van der Waals surface area contributed by atoms with E-state index in [1.165, 1.54) is 7.11 Å². The van der Waals surface area contributed by atoms with Crippen molar-refractivity contribution < 1.29 is 14.3 Å². The summed E-state index contributed by atoms with van der Waals surface area (Å²) in [6.45, 7) is 4.62. The minimum atomic E-state index is -0.649. The van der Waals surface area contributed by atoms with Crippen molar-refractivity contribution in [1.82, 2.24) is 10.6 Å². The zero-order valence-electron chi connectivity index (χ0n) is 12.9. The zero-order chi connectivity index (χ0) is 15.7. The summed E-state index contributed by atoms with van der Waals surface area (Å²) < 4.78 is 4.76. The van der Waals surface area contributed by atoms with Crippen LogP contribution in [0.5, 0.6) is 0 Å². The van der Waals surface area contributed by atoms with Gasteiger partial charge in [-0.2, -0.15) is 0 Å². The number of hydrogen-bond acceptors (Lipinski definition) is 4. The lowest BCUT2D eigenvalue weighted by Gasteiger charge is -2.17. The largest absolute Gasteiger partial charge is 0.467 e. The number of benzene rings is 1. The van der Waals surface area contributed by atoms with Crippen molar-refractivity contribution >= 4 is 11.9 Å². The van der Waals surface area contributed by atoms with Crippen LogP contribution >= 0.6 is 0 Å². The molecule has 2 N–H and O–H groups in total. The predicted octanol–water partition coefficient (Wildman–Crippen LogP) is 1.27. The van der Waals surface area contributed by atoms with E-state index in [1.807, 2.05) is 44.2 Å². The first-order chi connectivity index (χ1) is 10.0. The third-order valence-corrected chi connectivity index (χ3v) is 3.01. The summed E-state index contributed by atoms with van der Waals surface area (Å²) in [5.41, 5.74) is 0.980. The molecule has 0 saturated carbocycles. The molecule has 1 atom stereocenters. The van der Waals surface area contributed by atoms with Gasteiger partial charge >= 0.3 is 5.97 Å². The Morgan fingerprint density at radius 3 is 2.43 bits per heavy atom. The van der Waals surface area contributed by atoms with Gasteiger partial charge in [0.25, 0.3) is 0 Å². The van der Waals surface area contributed by atoms with E-state index in [-0.39, 0.29) is 5.91 Å². The maximum Gasteiger partial charge on any atom is 0.328 e. The smallest absolute Gasteiger partial charge is 0.328 e. The fourth-order valence-electron chi connectivity index (χ4n) is 1.93. The van der Waals surface area contributed by atoms with Crippen LogP contribution in [0.1, 0.15) is 25.8 Å². The molecule has 1 aromatic rings. The standard InChI is InChI=1S/C16H24N2O3/c1-12(2)17-10-9-15(19)18-14(16(20)21-3)11-13-7-5-4-6-8-13/h4-8,12,14,17H,9-11H2,1-3H3,(H,18,19). The zero-order valence-corrected chi connectivity index (χ0v) is 12.9. The Hall–Kier alpha value is -1.88. The molecular weight excluding hydrogens is 268 g/mol. The number of amides is 1. The van der Waals surface area contributed by atoms with Gasteiger partial charge in [-0.15, -0.1) is 0 Å². The lowest BCUT2D eigenvalue weighted by Crippen LogP contribution is -2.44. The average Bonchev–Trinajstić information content (AvgIpc) is 2.46. The van der Waals surface area contributed by atoms with Crippen LogP contribution in [-0.4, -0.2) is 37.6 Å². The van der Waals surface area contributed by atoms with Crippen molar-refractivity contribution in [2.24, 2.45) is 0 Å². The fraction of sp³-hybridized carbons (Fsp3) is 0.500. The summed E-state index contributed by atoms with van der Waals surface area (Å²) in [5, 5.41) is 5.90. The Morgan fingerprint density at radius 2 is 1.86 bits per heavy atom. The van der Waals surface area contributed by atoms with Gasteiger partial charge in [-0.3, -0.25) is 4.79 Å². The molecule has 1 amide bonds. The maximum absolute atomic E-state index is 11.9. The van der Waals surface area contributed by atoms with E-state index < -0.39 is 12.0 Å². The molecule has 5 heteroatoms. The molecule has 0 spiro atoms. The molecule has 21 heavy (non-hydrogen) atoms. The molecule has 5 nitrogen and oxygen atoms in total. The van der Waals surface area contributed by atoms with E-state index in [0.29, 0.717) is 25.4 Å². The second kappa shape index (κ2) is 9.13. The van der Waals surface area contributed by atoms with Gasteiger partial charge in [0.15, 0.2) is 0 Å². The van der Waals surface area contributed by atoms with Crippen LogP contribution in [0.2, 0.25) is 0 Å². The monoisotopic (exact) mass is 292 g/mol. The van der Waals surface area contributed by atoms with Gasteiger partial charge < -0.3 is 15.4 Å². The second-order valence-corrected chi connectivity index (χ2v) is 5.19. The number of esters is 1. The summed E-state index contributed by atoms with van der Waals surface area (Å²) in [6.07, 6.45) is 0.761. The molecule has 0 aromatic heterocycles. The first kappa shape index (κ1) is 17.2. The number of rotatable bonds is 8. The molecule has 0 radical (unpaired) electrons. The summed E-state index contributed by atoms with van der Waals surface area (Å²) in [4.78, 5) is 23.7. The van der Waals surface area contributed by atoms with Gasteiger partial charge in [0.1, 0.15) is 6.04 Å². The summed E-state index contributed by atoms with van der Waals surface area (Å²) in [7, 11) is 1.33. The maximum atomic E-state index is 11.9. The third-order valence-electron chi connectivity index (χ3n) is 3.01. The molecule has 1 rings (SSSR count). The topological polar surface area (TPSA) is 67.4 Å². The average molecular weight is 292 g/mol. The first-order valence-electron chi connectivity index (χ1n) is 7.17. The number of hydrogen-bond donors (Lipinski definition) is 2. The summed E-state index contributed by atoms with van der Waals surface area (Å²) >= 11 is 0. The molecule has 116 valence electrons. The van der Waals surface area contributed by atoms with Gasteiger partial charge in [0, 0.05) is 25.4 Å². The molecule has 0 aliphatic heterocycles. The highest BCUT2D eigenvalue weighted by Crippen LogP contribution is 2.04. The van der Waals surface area contributed by atoms with Crippen molar-refractivity contribution in [3.8, 4) is 0 Å². The number of carbonyl (C=O) groups excluding carboxylic acids is 2. The molecule has 0 aliphatic rings. The Morgan fingerprint density at radius 1 is 1.19 bits per heavy atom. The van der Waals surface area contributed by atoms with E-state index in [9.17, 15) is 9.59 Å². The second-order valence-electron chi connectivity index (χ2n) is 5.19. The predicted molar refractivity (Wildman–Crippen MR) is 81.8 cm³/mol. The van der Waals surface area contributed by atoms with Crippen LogP contribution in [0.25, 0.3) is 0 Å². The van der Waals surface area contributed by atoms with Crippen molar-refractivity contribution in [3.63, 3.8) is 0 Å². The highest BCUT2D eigenvalue weighted by atomic mass is 16.5. The Bertz CT molecular complexity index is 446. The van der Waals surface area contributed by atoms with Crippen LogP contribution < -0.4 is 10.6 Å². The van der Waals surface area contributed by atoms with Crippen LogP contribution in [0.3, 0.4) is 0 Å². The van der Waals surface area contributed by atoms with E-state index >= 15 is 0 Å². The van der Waals surface area contributed by atoms with Crippen molar-refractivity contribution in [2.75, 3.05) is 13.7 Å². The Balaban J connectivity index is 2.54. The molecule has 0 heterocycles. The van der Waals surface area contributed by atoms with E-state index in [0.717, 1.165) is 5.56 Å². The Labute approximate surface area is 126 Å². The SMILES string of the molecule is COC(=O)C(Cc1ccccc1)NC(=O)CCNC(C)C. The van der Waals surface area contributed by atoms with Crippen molar-refractivity contribution in [3.05, 3.63) is 35.9 Å². The normalized spacial score (nSPS) is 12.0. The van der Waals surface area contributed by atoms with Crippen molar-refractivity contribution in [1.29, 1.82) is 0 Å². The number of methoxy groups -OCH3 is 1. The lowest BCUT2D eigenvalue weighted by atomic mass is 10.1. The molecule has 1 unspecified atom stereocenters. The lowest BCUT2D eigenvalue weighted by molar-refractivity contribution is -0.145. The summed E-state index contributed by atoms with van der Waals surface area (Å²) in [6, 6.07) is 9.23. The van der Waals surface area contributed by atoms with Gasteiger partial charge in [0.2, 0.25) is 5.91 Å². The minimum Gasteiger partial charge on any atom is -0.467 e. The van der Waals surface area contributed by atoms with Crippen LogP contribution in [0.4, 0.5) is 0 Å². The first-order valence-corrected chi connectivity index (χ1v) is 7.17.